The summed E-state index contributed by atoms with van der Waals surface area (Å²) in [6, 6.07) is 18.3. The second-order valence-electron chi connectivity index (χ2n) is 8.31. The molecule has 1 aliphatic heterocycles. The van der Waals surface area contributed by atoms with E-state index in [2.05, 4.69) is 61.8 Å². The summed E-state index contributed by atoms with van der Waals surface area (Å²) in [4.78, 5) is 25.0. The lowest BCUT2D eigenvalue weighted by Gasteiger charge is -2.34. The number of hydrogen-bond donors (Lipinski definition) is 2. The van der Waals surface area contributed by atoms with Crippen LogP contribution >= 0.6 is 0 Å². The molecule has 8 heteroatoms. The Bertz CT molecular complexity index is 1110. The summed E-state index contributed by atoms with van der Waals surface area (Å²) in [6.45, 7) is 10.8. The molecule has 0 unspecified atom stereocenters. The molecule has 1 aliphatic rings. The molecule has 2 N–H and O–H groups in total. The predicted molar refractivity (Wildman–Crippen MR) is 136 cm³/mol. The number of anilines is 2. The summed E-state index contributed by atoms with van der Waals surface area (Å²) in [7, 11) is 0. The fourth-order valence-corrected chi connectivity index (χ4v) is 3.98. The molecule has 8 nitrogen and oxygen atoms in total. The quantitative estimate of drug-likeness (QED) is 0.291. The third-order valence-corrected chi connectivity index (χ3v) is 6.06. The standard InChI is InChI=1S/C26H31N7O/c1-3-32-13-15-33(16-14-32)18-21-9-11-23(12-10-21)29-25-20(2)24(17-27-28-19-34)30-26(31-25)22-7-5-4-6-8-22/h4-12,17,19H,3,13-16,18H2,1-2H3,(H,28,34)(H,29,30,31)/b27-17-. The fourth-order valence-electron chi connectivity index (χ4n) is 3.98. The van der Waals surface area contributed by atoms with Gasteiger partial charge in [0, 0.05) is 49.5 Å². The van der Waals surface area contributed by atoms with Crippen molar-refractivity contribution in [2.24, 2.45) is 5.10 Å². The molecule has 0 bridgehead atoms. The Kier molecular flexibility index (Phi) is 7.95. The highest BCUT2D eigenvalue weighted by atomic mass is 16.1. The topological polar surface area (TPSA) is 85.8 Å². The Labute approximate surface area is 200 Å². The van der Waals surface area contributed by atoms with Crippen LogP contribution in [0.25, 0.3) is 11.4 Å². The van der Waals surface area contributed by atoms with Crippen molar-refractivity contribution < 1.29 is 4.79 Å². The second-order valence-corrected chi connectivity index (χ2v) is 8.31. The first-order valence-electron chi connectivity index (χ1n) is 11.6. The monoisotopic (exact) mass is 457 g/mol. The number of carbonyl (C=O) groups excluding carboxylic acids is 1. The van der Waals surface area contributed by atoms with Gasteiger partial charge in [-0.25, -0.2) is 15.4 Å². The van der Waals surface area contributed by atoms with E-state index in [9.17, 15) is 4.79 Å². The van der Waals surface area contributed by atoms with E-state index in [1.807, 2.05) is 37.3 Å². The van der Waals surface area contributed by atoms with E-state index in [1.165, 1.54) is 11.8 Å². The van der Waals surface area contributed by atoms with Gasteiger partial charge in [0.05, 0.1) is 11.9 Å². The Hall–Kier alpha value is -3.62. The molecular formula is C26H31N7O. The van der Waals surface area contributed by atoms with Crippen molar-refractivity contribution in [3.63, 3.8) is 0 Å². The van der Waals surface area contributed by atoms with Gasteiger partial charge in [0.2, 0.25) is 6.41 Å². The van der Waals surface area contributed by atoms with Gasteiger partial charge in [-0.15, -0.1) is 0 Å². The minimum atomic E-state index is 0.523. The van der Waals surface area contributed by atoms with Crippen LogP contribution in [0.5, 0.6) is 0 Å². The van der Waals surface area contributed by atoms with E-state index in [1.54, 1.807) is 0 Å². The molecular weight excluding hydrogens is 426 g/mol. The highest BCUT2D eigenvalue weighted by molar-refractivity contribution is 5.83. The number of benzene rings is 2. The number of piperazine rings is 1. The summed E-state index contributed by atoms with van der Waals surface area (Å²) >= 11 is 0. The van der Waals surface area contributed by atoms with Crippen molar-refractivity contribution in [2.45, 2.75) is 20.4 Å². The minimum absolute atomic E-state index is 0.523. The zero-order valence-corrected chi connectivity index (χ0v) is 19.7. The third-order valence-electron chi connectivity index (χ3n) is 6.06. The van der Waals surface area contributed by atoms with Gasteiger partial charge in [-0.1, -0.05) is 49.4 Å². The maximum Gasteiger partial charge on any atom is 0.227 e. The van der Waals surface area contributed by atoms with E-state index < -0.39 is 0 Å². The molecule has 2 aromatic carbocycles. The zero-order valence-electron chi connectivity index (χ0n) is 19.7. The highest BCUT2D eigenvalue weighted by Crippen LogP contribution is 2.24. The van der Waals surface area contributed by atoms with E-state index in [0.717, 1.165) is 56.1 Å². The van der Waals surface area contributed by atoms with E-state index in [4.69, 9.17) is 4.98 Å². The van der Waals surface area contributed by atoms with Crippen molar-refractivity contribution >= 4 is 24.1 Å². The molecule has 1 fully saturated rings. The number of amides is 1. The number of hydrogen-bond acceptors (Lipinski definition) is 7. The van der Waals surface area contributed by atoms with Crippen LogP contribution in [0.4, 0.5) is 11.5 Å². The fraction of sp³-hybridized carbons (Fsp3) is 0.308. The number of nitrogens with one attached hydrogen (secondary N) is 2. The van der Waals surface area contributed by atoms with Crippen molar-refractivity contribution in [3.05, 3.63) is 71.4 Å². The predicted octanol–water partition coefficient (Wildman–Crippen LogP) is 3.41. The van der Waals surface area contributed by atoms with Crippen LogP contribution in [0.3, 0.4) is 0 Å². The van der Waals surface area contributed by atoms with Crippen molar-refractivity contribution in [2.75, 3.05) is 38.0 Å². The number of likely N-dealkylation sites (N-methyl/N-ethyl adjacent to an activating group) is 1. The first kappa shape index (κ1) is 23.5. The van der Waals surface area contributed by atoms with Gasteiger partial charge in [-0.05, 0) is 31.2 Å². The van der Waals surface area contributed by atoms with Crippen LogP contribution in [0.2, 0.25) is 0 Å². The number of rotatable bonds is 9. The molecule has 0 spiro atoms. The molecule has 0 aliphatic carbocycles. The number of aromatic nitrogens is 2. The SMILES string of the molecule is CCN1CCN(Cc2ccc(Nc3nc(-c4ccccc4)nc(/C=N\NC=O)c3C)cc2)CC1. The molecule has 3 aromatic rings. The van der Waals surface area contributed by atoms with Crippen molar-refractivity contribution in [3.8, 4) is 11.4 Å². The molecule has 1 saturated heterocycles. The first-order chi connectivity index (χ1) is 16.7. The molecule has 2 heterocycles. The van der Waals surface area contributed by atoms with Crippen LogP contribution in [0.15, 0.2) is 59.7 Å². The van der Waals surface area contributed by atoms with Crippen LogP contribution in [0.1, 0.15) is 23.7 Å². The molecule has 0 atom stereocenters. The van der Waals surface area contributed by atoms with Gasteiger partial charge in [0.15, 0.2) is 5.82 Å². The smallest absolute Gasteiger partial charge is 0.227 e. The van der Waals surface area contributed by atoms with Gasteiger partial charge in [0.25, 0.3) is 0 Å². The lowest BCUT2D eigenvalue weighted by atomic mass is 10.1. The Morgan fingerprint density at radius 1 is 0.971 bits per heavy atom. The summed E-state index contributed by atoms with van der Waals surface area (Å²) in [5.41, 5.74) is 6.93. The summed E-state index contributed by atoms with van der Waals surface area (Å²) < 4.78 is 0. The van der Waals surface area contributed by atoms with Crippen LogP contribution in [0, 0.1) is 6.92 Å². The maximum atomic E-state index is 10.6. The number of nitrogens with zero attached hydrogens (tertiary/aromatic N) is 5. The molecule has 1 aromatic heterocycles. The largest absolute Gasteiger partial charge is 0.340 e. The summed E-state index contributed by atoms with van der Waals surface area (Å²) in [5.74, 6) is 1.29. The van der Waals surface area contributed by atoms with E-state index >= 15 is 0 Å². The molecule has 1 amide bonds. The van der Waals surface area contributed by atoms with Gasteiger partial charge in [-0.3, -0.25) is 9.69 Å². The van der Waals surface area contributed by atoms with Crippen molar-refractivity contribution in [1.82, 2.24) is 25.2 Å². The Morgan fingerprint density at radius 2 is 1.68 bits per heavy atom. The summed E-state index contributed by atoms with van der Waals surface area (Å²) in [6.07, 6.45) is 2.06. The first-order valence-corrected chi connectivity index (χ1v) is 11.6. The van der Waals surface area contributed by atoms with E-state index in [0.29, 0.717) is 23.7 Å². The van der Waals surface area contributed by atoms with Crippen LogP contribution < -0.4 is 10.7 Å². The van der Waals surface area contributed by atoms with Crippen molar-refractivity contribution in [1.29, 1.82) is 0 Å². The highest BCUT2D eigenvalue weighted by Gasteiger charge is 2.16. The number of carbonyl (C=O) groups is 1. The molecule has 34 heavy (non-hydrogen) atoms. The molecule has 0 radical (unpaired) electrons. The maximum absolute atomic E-state index is 10.6. The van der Waals surface area contributed by atoms with Gasteiger partial charge in [0.1, 0.15) is 5.82 Å². The summed E-state index contributed by atoms with van der Waals surface area (Å²) in [5, 5.41) is 7.35. The van der Waals surface area contributed by atoms with Crippen LogP contribution in [-0.2, 0) is 11.3 Å². The van der Waals surface area contributed by atoms with E-state index in [-0.39, 0.29) is 0 Å². The number of hydrazone groups is 1. The molecule has 4 rings (SSSR count). The molecule has 0 saturated carbocycles. The lowest BCUT2D eigenvalue weighted by molar-refractivity contribution is -0.109. The minimum Gasteiger partial charge on any atom is -0.340 e. The van der Waals surface area contributed by atoms with Gasteiger partial charge < -0.3 is 10.2 Å². The normalized spacial score (nSPS) is 14.9. The lowest BCUT2D eigenvalue weighted by Crippen LogP contribution is -2.45. The van der Waals surface area contributed by atoms with Crippen LogP contribution in [-0.4, -0.2) is 65.1 Å². The zero-order chi connectivity index (χ0) is 23.8. The third kappa shape index (κ3) is 6.03. The second kappa shape index (κ2) is 11.5. The average molecular weight is 458 g/mol. The Morgan fingerprint density at radius 3 is 2.35 bits per heavy atom. The Balaban J connectivity index is 1.52. The van der Waals surface area contributed by atoms with Gasteiger partial charge in [-0.2, -0.15) is 5.10 Å². The van der Waals surface area contributed by atoms with Gasteiger partial charge >= 0.3 is 0 Å². The molecule has 176 valence electrons. The average Bonchev–Trinajstić information content (AvgIpc) is 2.88.